The zero-order valence-electron chi connectivity index (χ0n) is 7.16. The Bertz CT molecular complexity index is 264. The minimum atomic E-state index is -0.926. The van der Waals surface area contributed by atoms with E-state index in [1.54, 1.807) is 6.92 Å². The molecule has 74 valence electrons. The zero-order chi connectivity index (χ0) is 10.3. The van der Waals surface area contributed by atoms with E-state index in [4.69, 9.17) is 34.8 Å². The molecule has 1 aliphatic rings. The highest BCUT2D eigenvalue weighted by atomic mass is 35.5. The highest BCUT2D eigenvalue weighted by Gasteiger charge is 2.67. The van der Waals surface area contributed by atoms with Gasteiger partial charge in [0.05, 0.1) is 12.0 Å². The second-order valence-electron chi connectivity index (χ2n) is 3.41. The maximum atomic E-state index is 11.5. The van der Waals surface area contributed by atoms with Crippen molar-refractivity contribution < 1.29 is 4.79 Å². The Balaban J connectivity index is 2.47. The molecule has 0 heterocycles. The normalized spacial score (nSPS) is 29.5. The Hall–Kier alpha value is 0.0800. The first-order chi connectivity index (χ1) is 5.79. The van der Waals surface area contributed by atoms with Gasteiger partial charge in [0, 0.05) is 5.03 Å². The van der Waals surface area contributed by atoms with Crippen molar-refractivity contribution >= 4 is 40.7 Å². The van der Waals surface area contributed by atoms with Gasteiger partial charge in [-0.3, -0.25) is 4.79 Å². The van der Waals surface area contributed by atoms with Gasteiger partial charge in [0.2, 0.25) is 5.91 Å². The smallest absolute Gasteiger partial charge is 0.229 e. The molecular weight excluding hydrogens is 232 g/mol. The minimum Gasteiger partial charge on any atom is -0.351 e. The fraction of sp³-hybridized carbons (Fsp3) is 0.625. The quantitative estimate of drug-likeness (QED) is 0.757. The van der Waals surface area contributed by atoms with E-state index in [1.807, 2.05) is 0 Å². The molecule has 0 aromatic heterocycles. The predicted octanol–water partition coefficient (Wildman–Crippen LogP) is 2.44. The fourth-order valence-corrected chi connectivity index (χ4v) is 1.79. The van der Waals surface area contributed by atoms with E-state index in [-0.39, 0.29) is 12.5 Å². The third kappa shape index (κ3) is 2.12. The van der Waals surface area contributed by atoms with E-state index in [0.717, 1.165) is 0 Å². The Morgan fingerprint density at radius 1 is 1.62 bits per heavy atom. The van der Waals surface area contributed by atoms with Crippen LogP contribution in [0.15, 0.2) is 11.6 Å². The van der Waals surface area contributed by atoms with Crippen LogP contribution in [0.2, 0.25) is 0 Å². The molecule has 0 saturated heterocycles. The Morgan fingerprint density at radius 3 is 2.38 bits per heavy atom. The molecule has 0 bridgehead atoms. The summed E-state index contributed by atoms with van der Waals surface area (Å²) < 4.78 is -0.926. The van der Waals surface area contributed by atoms with Gasteiger partial charge in [-0.05, 0) is 13.3 Å². The van der Waals surface area contributed by atoms with Gasteiger partial charge < -0.3 is 5.32 Å². The van der Waals surface area contributed by atoms with Crippen LogP contribution >= 0.6 is 34.8 Å². The Morgan fingerprint density at radius 2 is 2.08 bits per heavy atom. The van der Waals surface area contributed by atoms with E-state index in [0.29, 0.717) is 11.5 Å². The number of rotatable bonds is 3. The topological polar surface area (TPSA) is 29.1 Å². The predicted molar refractivity (Wildman–Crippen MR) is 55.2 cm³/mol. The summed E-state index contributed by atoms with van der Waals surface area (Å²) in [5.41, 5.74) is -0.678. The summed E-state index contributed by atoms with van der Waals surface area (Å²) in [6, 6.07) is 0. The average Bonchev–Trinajstić information content (AvgIpc) is 2.48. The lowest BCUT2D eigenvalue weighted by Crippen LogP contribution is -2.33. The number of carbonyl (C=O) groups is 1. The molecule has 0 aromatic rings. The van der Waals surface area contributed by atoms with E-state index >= 15 is 0 Å². The first kappa shape index (κ1) is 11.2. The second kappa shape index (κ2) is 3.34. The van der Waals surface area contributed by atoms with Gasteiger partial charge in [-0.25, -0.2) is 0 Å². The number of halogens is 3. The molecular formula is C8H10Cl3NO. The highest BCUT2D eigenvalue weighted by Crippen LogP contribution is 2.63. The standard InChI is InChI=1S/C8H10Cl3NO/c1-5(9)3-12-6(13)7(2)4-8(7,10)11/h1,3-4H2,2H3,(H,12,13). The maximum Gasteiger partial charge on any atom is 0.229 e. The Labute approximate surface area is 92.2 Å². The molecule has 1 N–H and O–H groups in total. The number of hydrogen-bond donors (Lipinski definition) is 1. The van der Waals surface area contributed by atoms with Crippen LogP contribution in [0, 0.1) is 5.41 Å². The fourth-order valence-electron chi connectivity index (χ4n) is 1.02. The molecule has 0 aromatic carbocycles. The van der Waals surface area contributed by atoms with Crippen LogP contribution in [0.5, 0.6) is 0 Å². The van der Waals surface area contributed by atoms with Crippen LogP contribution in [-0.4, -0.2) is 16.8 Å². The molecule has 0 aliphatic heterocycles. The van der Waals surface area contributed by atoms with Gasteiger partial charge in [0.1, 0.15) is 4.33 Å². The molecule has 1 fully saturated rings. The molecule has 13 heavy (non-hydrogen) atoms. The molecule has 1 rings (SSSR count). The largest absolute Gasteiger partial charge is 0.351 e. The zero-order valence-corrected chi connectivity index (χ0v) is 9.43. The monoisotopic (exact) mass is 241 g/mol. The van der Waals surface area contributed by atoms with E-state index in [2.05, 4.69) is 11.9 Å². The minimum absolute atomic E-state index is 0.181. The summed E-state index contributed by atoms with van der Waals surface area (Å²) in [5, 5.41) is 2.98. The van der Waals surface area contributed by atoms with Crippen molar-refractivity contribution in [2.24, 2.45) is 5.41 Å². The third-order valence-electron chi connectivity index (χ3n) is 2.20. The van der Waals surface area contributed by atoms with Crippen LogP contribution in [-0.2, 0) is 4.79 Å². The number of carbonyl (C=O) groups excluding carboxylic acids is 1. The van der Waals surface area contributed by atoms with Gasteiger partial charge in [-0.2, -0.15) is 0 Å². The van der Waals surface area contributed by atoms with Gasteiger partial charge in [0.15, 0.2) is 0 Å². The maximum absolute atomic E-state index is 11.5. The summed E-state index contributed by atoms with van der Waals surface area (Å²) in [6.07, 6.45) is 0.476. The number of amides is 1. The summed E-state index contributed by atoms with van der Waals surface area (Å²) in [4.78, 5) is 11.5. The molecule has 2 nitrogen and oxygen atoms in total. The Kier molecular flexibility index (Phi) is 2.86. The van der Waals surface area contributed by atoms with E-state index in [9.17, 15) is 4.79 Å². The number of hydrogen-bond acceptors (Lipinski definition) is 1. The lowest BCUT2D eigenvalue weighted by atomic mass is 10.1. The molecule has 5 heteroatoms. The molecule has 0 radical (unpaired) electrons. The number of nitrogens with one attached hydrogen (secondary N) is 1. The van der Waals surface area contributed by atoms with Crippen molar-refractivity contribution in [2.75, 3.05) is 6.54 Å². The first-order valence-electron chi connectivity index (χ1n) is 3.79. The molecule has 0 spiro atoms. The second-order valence-corrected chi connectivity index (χ2v) is 5.43. The van der Waals surface area contributed by atoms with Gasteiger partial charge in [-0.1, -0.05) is 18.2 Å². The summed E-state index contributed by atoms with van der Waals surface area (Å²) in [6.45, 7) is 5.42. The van der Waals surface area contributed by atoms with Crippen molar-refractivity contribution in [3.63, 3.8) is 0 Å². The molecule has 1 atom stereocenters. The number of alkyl halides is 2. The lowest BCUT2D eigenvalue weighted by molar-refractivity contribution is -0.125. The SMILES string of the molecule is C=C(Cl)CNC(=O)C1(C)CC1(Cl)Cl. The average molecular weight is 243 g/mol. The third-order valence-corrected chi connectivity index (χ3v) is 3.43. The lowest BCUT2D eigenvalue weighted by Gasteiger charge is -2.11. The molecule has 1 amide bonds. The van der Waals surface area contributed by atoms with Crippen molar-refractivity contribution in [1.82, 2.24) is 5.32 Å². The van der Waals surface area contributed by atoms with Crippen LogP contribution in [0.4, 0.5) is 0 Å². The summed E-state index contributed by atoms with van der Waals surface area (Å²) in [5.74, 6) is -0.181. The van der Waals surface area contributed by atoms with Crippen LogP contribution < -0.4 is 5.32 Å². The van der Waals surface area contributed by atoms with E-state index in [1.165, 1.54) is 0 Å². The molecule has 1 saturated carbocycles. The highest BCUT2D eigenvalue weighted by molar-refractivity contribution is 6.53. The van der Waals surface area contributed by atoms with E-state index < -0.39 is 9.75 Å². The summed E-state index contributed by atoms with van der Waals surface area (Å²) >= 11 is 17.1. The molecule has 1 aliphatic carbocycles. The molecule has 1 unspecified atom stereocenters. The van der Waals surface area contributed by atoms with Crippen molar-refractivity contribution in [3.05, 3.63) is 11.6 Å². The first-order valence-corrected chi connectivity index (χ1v) is 4.92. The van der Waals surface area contributed by atoms with Crippen LogP contribution in [0.3, 0.4) is 0 Å². The van der Waals surface area contributed by atoms with Gasteiger partial charge >= 0.3 is 0 Å². The van der Waals surface area contributed by atoms with Crippen molar-refractivity contribution in [2.45, 2.75) is 17.7 Å². The van der Waals surface area contributed by atoms with Gasteiger partial charge in [-0.15, -0.1) is 23.2 Å². The van der Waals surface area contributed by atoms with Crippen LogP contribution in [0.25, 0.3) is 0 Å². The van der Waals surface area contributed by atoms with Gasteiger partial charge in [0.25, 0.3) is 0 Å². The van der Waals surface area contributed by atoms with Crippen molar-refractivity contribution in [1.29, 1.82) is 0 Å². The summed E-state index contributed by atoms with van der Waals surface area (Å²) in [7, 11) is 0. The van der Waals surface area contributed by atoms with Crippen LogP contribution in [0.1, 0.15) is 13.3 Å². The van der Waals surface area contributed by atoms with Crippen molar-refractivity contribution in [3.8, 4) is 0 Å².